The minimum Gasteiger partial charge on any atom is -0.493 e. The van der Waals surface area contributed by atoms with Crippen LogP contribution in [0.3, 0.4) is 0 Å². The van der Waals surface area contributed by atoms with Crippen LogP contribution >= 0.6 is 0 Å². The lowest BCUT2D eigenvalue weighted by Crippen LogP contribution is -2.30. The van der Waals surface area contributed by atoms with Crippen LogP contribution in [0, 0.1) is 0 Å². The maximum Gasteiger partial charge on any atom is 0.331 e. The van der Waals surface area contributed by atoms with Crippen LogP contribution in [0.1, 0.15) is 31.0 Å². The first-order valence-electron chi connectivity index (χ1n) is 6.84. The Labute approximate surface area is 123 Å². The van der Waals surface area contributed by atoms with Crippen molar-refractivity contribution in [2.45, 2.75) is 32.4 Å². The molecule has 1 aromatic carbocycles. The standard InChI is InChI=1S/C15H19NO5/c1-4-20-13-6-10-5-9(2)21-12(10)7-11(13)14(15(18)19)16(3)8-17/h6-9,14H,4-5H2,1-3H3,(H,18,19). The molecule has 21 heavy (non-hydrogen) atoms. The molecule has 0 fully saturated rings. The Balaban J connectivity index is 2.52. The Morgan fingerprint density at radius 2 is 2.33 bits per heavy atom. The van der Waals surface area contributed by atoms with Gasteiger partial charge in [-0.25, -0.2) is 4.79 Å². The highest BCUT2D eigenvalue weighted by Gasteiger charge is 2.31. The van der Waals surface area contributed by atoms with E-state index in [0.717, 1.165) is 16.9 Å². The van der Waals surface area contributed by atoms with E-state index in [2.05, 4.69) is 0 Å². The summed E-state index contributed by atoms with van der Waals surface area (Å²) in [5.41, 5.74) is 1.42. The van der Waals surface area contributed by atoms with Crippen LogP contribution in [0.25, 0.3) is 0 Å². The number of amides is 1. The van der Waals surface area contributed by atoms with Gasteiger partial charge in [-0.2, -0.15) is 0 Å². The van der Waals surface area contributed by atoms with Crippen LogP contribution in [-0.2, 0) is 16.0 Å². The van der Waals surface area contributed by atoms with Crippen LogP contribution < -0.4 is 9.47 Å². The summed E-state index contributed by atoms with van der Waals surface area (Å²) in [5.74, 6) is 0.0260. The average Bonchev–Trinajstić information content (AvgIpc) is 2.78. The lowest BCUT2D eigenvalue weighted by molar-refractivity contribution is -0.145. The molecular weight excluding hydrogens is 274 g/mol. The number of carboxylic acid groups (broad SMARTS) is 1. The average molecular weight is 293 g/mol. The van der Waals surface area contributed by atoms with Gasteiger partial charge in [-0.1, -0.05) is 0 Å². The summed E-state index contributed by atoms with van der Waals surface area (Å²) in [6.45, 7) is 4.20. The molecular formula is C15H19NO5. The summed E-state index contributed by atoms with van der Waals surface area (Å²) in [6, 6.07) is 2.38. The summed E-state index contributed by atoms with van der Waals surface area (Å²) in [5, 5.41) is 9.42. The number of carbonyl (C=O) groups excluding carboxylic acids is 1. The number of carbonyl (C=O) groups is 2. The molecule has 1 N–H and O–H groups in total. The van der Waals surface area contributed by atoms with E-state index in [9.17, 15) is 14.7 Å². The van der Waals surface area contributed by atoms with Gasteiger partial charge in [-0.15, -0.1) is 0 Å². The van der Waals surface area contributed by atoms with Crippen molar-refractivity contribution in [3.05, 3.63) is 23.3 Å². The smallest absolute Gasteiger partial charge is 0.331 e. The fraction of sp³-hybridized carbons (Fsp3) is 0.467. The maximum absolute atomic E-state index is 11.5. The number of rotatable bonds is 6. The highest BCUT2D eigenvalue weighted by atomic mass is 16.5. The monoisotopic (exact) mass is 293 g/mol. The normalized spacial score (nSPS) is 17.6. The van der Waals surface area contributed by atoms with Crippen molar-refractivity contribution >= 4 is 12.4 Å². The van der Waals surface area contributed by atoms with Crippen molar-refractivity contribution in [3.63, 3.8) is 0 Å². The summed E-state index contributed by atoms with van der Waals surface area (Å²) in [7, 11) is 1.43. The quantitative estimate of drug-likeness (QED) is 0.807. The zero-order valence-electron chi connectivity index (χ0n) is 12.3. The number of nitrogens with zero attached hydrogens (tertiary/aromatic N) is 1. The summed E-state index contributed by atoms with van der Waals surface area (Å²) >= 11 is 0. The third kappa shape index (κ3) is 2.94. The van der Waals surface area contributed by atoms with E-state index in [0.29, 0.717) is 30.1 Å². The Bertz CT molecular complexity index is 557. The second-order valence-electron chi connectivity index (χ2n) is 5.08. The predicted octanol–water partition coefficient (Wildman–Crippen LogP) is 1.62. The van der Waals surface area contributed by atoms with Gasteiger partial charge < -0.3 is 19.5 Å². The molecule has 0 bridgehead atoms. The number of fused-ring (bicyclic) bond motifs is 1. The van der Waals surface area contributed by atoms with Gasteiger partial charge in [0.05, 0.1) is 6.61 Å². The maximum atomic E-state index is 11.5. The van der Waals surface area contributed by atoms with Crippen molar-refractivity contribution in [3.8, 4) is 11.5 Å². The molecule has 0 spiro atoms. The fourth-order valence-electron chi connectivity index (χ4n) is 2.54. The van der Waals surface area contributed by atoms with Crippen LogP contribution in [0.4, 0.5) is 0 Å². The van der Waals surface area contributed by atoms with E-state index in [4.69, 9.17) is 9.47 Å². The molecule has 1 aromatic rings. The van der Waals surface area contributed by atoms with Gasteiger partial charge in [-0.3, -0.25) is 4.79 Å². The van der Waals surface area contributed by atoms with Crippen LogP contribution in [-0.4, -0.2) is 42.1 Å². The van der Waals surface area contributed by atoms with Gasteiger partial charge in [-0.05, 0) is 26.0 Å². The van der Waals surface area contributed by atoms with E-state index < -0.39 is 12.0 Å². The van der Waals surface area contributed by atoms with Gasteiger partial charge >= 0.3 is 5.97 Å². The minimum atomic E-state index is -1.11. The first-order valence-corrected chi connectivity index (χ1v) is 6.84. The molecule has 2 unspecified atom stereocenters. The van der Waals surface area contributed by atoms with Crippen LogP contribution in [0.15, 0.2) is 12.1 Å². The summed E-state index contributed by atoms with van der Waals surface area (Å²) in [6.07, 6.45) is 1.30. The zero-order chi connectivity index (χ0) is 15.6. The van der Waals surface area contributed by atoms with Crippen molar-refractivity contribution in [1.29, 1.82) is 0 Å². The van der Waals surface area contributed by atoms with Crippen LogP contribution in [0.5, 0.6) is 11.5 Å². The summed E-state index contributed by atoms with van der Waals surface area (Å²) in [4.78, 5) is 23.6. The van der Waals surface area contributed by atoms with E-state index in [1.165, 1.54) is 7.05 Å². The number of benzene rings is 1. The molecule has 6 nitrogen and oxygen atoms in total. The SMILES string of the molecule is CCOc1cc2c(cc1C(C(=O)O)N(C)C=O)OC(C)C2. The second-order valence-corrected chi connectivity index (χ2v) is 5.08. The third-order valence-corrected chi connectivity index (χ3v) is 3.43. The van der Waals surface area contributed by atoms with Crippen LogP contribution in [0.2, 0.25) is 0 Å². The predicted molar refractivity (Wildman–Crippen MR) is 75.6 cm³/mol. The third-order valence-electron chi connectivity index (χ3n) is 3.43. The number of aliphatic carboxylic acids is 1. The molecule has 1 amide bonds. The lowest BCUT2D eigenvalue weighted by atomic mass is 10.0. The molecule has 1 heterocycles. The number of hydrogen-bond donors (Lipinski definition) is 1. The van der Waals surface area contributed by atoms with Gasteiger partial charge in [0.2, 0.25) is 6.41 Å². The molecule has 0 radical (unpaired) electrons. The summed E-state index contributed by atoms with van der Waals surface area (Å²) < 4.78 is 11.2. The molecule has 1 aliphatic heterocycles. The highest BCUT2D eigenvalue weighted by molar-refractivity contribution is 5.79. The molecule has 1 aliphatic rings. The molecule has 2 rings (SSSR count). The highest BCUT2D eigenvalue weighted by Crippen LogP contribution is 2.39. The Morgan fingerprint density at radius 3 is 2.90 bits per heavy atom. The van der Waals surface area contributed by atoms with E-state index >= 15 is 0 Å². The molecule has 0 saturated carbocycles. The first kappa shape index (κ1) is 15.2. The van der Waals surface area contributed by atoms with Gasteiger partial charge in [0, 0.05) is 24.6 Å². The van der Waals surface area contributed by atoms with Crippen molar-refractivity contribution in [1.82, 2.24) is 4.90 Å². The fourth-order valence-corrected chi connectivity index (χ4v) is 2.54. The molecule has 2 atom stereocenters. The Morgan fingerprint density at radius 1 is 1.62 bits per heavy atom. The van der Waals surface area contributed by atoms with Crippen molar-refractivity contribution in [2.24, 2.45) is 0 Å². The molecule has 0 saturated heterocycles. The molecule has 6 heteroatoms. The second kappa shape index (κ2) is 6.03. The van der Waals surface area contributed by atoms with E-state index in [1.807, 2.05) is 19.9 Å². The lowest BCUT2D eigenvalue weighted by Gasteiger charge is -2.23. The number of hydrogen-bond acceptors (Lipinski definition) is 4. The van der Waals surface area contributed by atoms with E-state index in [1.54, 1.807) is 6.07 Å². The largest absolute Gasteiger partial charge is 0.493 e. The molecule has 0 aliphatic carbocycles. The first-order chi connectivity index (χ1) is 9.97. The van der Waals surface area contributed by atoms with Gasteiger partial charge in [0.25, 0.3) is 0 Å². The Hall–Kier alpha value is -2.24. The topological polar surface area (TPSA) is 76.1 Å². The number of carboxylic acids is 1. The van der Waals surface area contributed by atoms with Gasteiger partial charge in [0.1, 0.15) is 17.6 Å². The van der Waals surface area contributed by atoms with Crippen molar-refractivity contribution < 1.29 is 24.2 Å². The zero-order valence-corrected chi connectivity index (χ0v) is 12.3. The Kier molecular flexibility index (Phi) is 4.35. The number of ether oxygens (including phenoxy) is 2. The number of likely N-dealkylation sites (N-methyl/N-ethyl adjacent to an activating group) is 1. The van der Waals surface area contributed by atoms with Gasteiger partial charge in [0.15, 0.2) is 6.04 Å². The molecule has 0 aromatic heterocycles. The van der Waals surface area contributed by atoms with E-state index in [-0.39, 0.29) is 6.10 Å². The van der Waals surface area contributed by atoms with Crippen molar-refractivity contribution in [2.75, 3.05) is 13.7 Å². The molecule has 114 valence electrons. The minimum absolute atomic E-state index is 0.0526.